The van der Waals surface area contributed by atoms with Crippen LogP contribution in [0.3, 0.4) is 0 Å². The number of hydrogen-bond acceptors (Lipinski definition) is 1. The molecule has 0 radical (unpaired) electrons. The summed E-state index contributed by atoms with van der Waals surface area (Å²) in [4.78, 5) is 0. The Morgan fingerprint density at radius 3 is 2.20 bits per heavy atom. The van der Waals surface area contributed by atoms with Gasteiger partial charge in [0, 0.05) is 6.04 Å². The highest BCUT2D eigenvalue weighted by Crippen LogP contribution is 2.28. The van der Waals surface area contributed by atoms with Crippen LogP contribution in [0.2, 0.25) is 0 Å². The monoisotopic (exact) mass is 141 g/mol. The summed E-state index contributed by atoms with van der Waals surface area (Å²) in [5.74, 6) is 1.59. The van der Waals surface area contributed by atoms with Gasteiger partial charge in [0.1, 0.15) is 0 Å². The smallest absolute Gasteiger partial charge is 0.00696 e. The molecule has 1 rings (SSSR count). The van der Waals surface area contributed by atoms with Gasteiger partial charge in [0.2, 0.25) is 0 Å². The summed E-state index contributed by atoms with van der Waals surface area (Å²) in [6.07, 6.45) is 5.36. The highest BCUT2D eigenvalue weighted by molar-refractivity contribution is 4.79. The zero-order valence-corrected chi connectivity index (χ0v) is 7.14. The van der Waals surface area contributed by atoms with Crippen LogP contribution in [-0.2, 0) is 0 Å². The van der Waals surface area contributed by atoms with Crippen molar-refractivity contribution < 1.29 is 0 Å². The van der Waals surface area contributed by atoms with Gasteiger partial charge in [-0.1, -0.05) is 26.7 Å². The first kappa shape index (κ1) is 8.06. The Labute approximate surface area is 64.0 Å². The third-order valence-electron chi connectivity index (χ3n) is 2.73. The van der Waals surface area contributed by atoms with Gasteiger partial charge in [0.25, 0.3) is 0 Å². The van der Waals surface area contributed by atoms with E-state index >= 15 is 0 Å². The maximum absolute atomic E-state index is 5.98. The molecule has 1 heteroatoms. The third kappa shape index (κ3) is 1.72. The predicted octanol–water partition coefficient (Wildman–Crippen LogP) is 2.16. The Balaban J connectivity index is 2.40. The second kappa shape index (κ2) is 3.38. The van der Waals surface area contributed by atoms with Gasteiger partial charge < -0.3 is 5.73 Å². The normalized spacial score (nSPS) is 34.8. The molecule has 1 saturated carbocycles. The molecule has 1 aliphatic rings. The van der Waals surface area contributed by atoms with Crippen molar-refractivity contribution in [2.45, 2.75) is 45.6 Å². The molecular formula is C9H19N. The standard InChI is InChI=1S/C9H19N/c1-7(2)8-5-3-4-6-9(8)10/h7-9H,3-6,10H2,1-2H3/t8?,9-/m1/s1. The van der Waals surface area contributed by atoms with E-state index < -0.39 is 0 Å². The van der Waals surface area contributed by atoms with Crippen LogP contribution in [0.25, 0.3) is 0 Å². The maximum atomic E-state index is 5.98. The third-order valence-corrected chi connectivity index (χ3v) is 2.73. The average Bonchev–Trinajstić information content (AvgIpc) is 1.88. The molecule has 2 N–H and O–H groups in total. The fourth-order valence-corrected chi connectivity index (χ4v) is 2.02. The molecule has 10 heavy (non-hydrogen) atoms. The molecule has 0 amide bonds. The van der Waals surface area contributed by atoms with Crippen molar-refractivity contribution in [3.8, 4) is 0 Å². The molecule has 1 fully saturated rings. The number of rotatable bonds is 1. The fourth-order valence-electron chi connectivity index (χ4n) is 2.02. The topological polar surface area (TPSA) is 26.0 Å². The second-order valence-electron chi connectivity index (χ2n) is 3.86. The van der Waals surface area contributed by atoms with Crippen LogP contribution in [0.5, 0.6) is 0 Å². The van der Waals surface area contributed by atoms with E-state index in [1.165, 1.54) is 25.7 Å². The molecule has 0 aromatic rings. The summed E-state index contributed by atoms with van der Waals surface area (Å²) in [6, 6.07) is 0.494. The van der Waals surface area contributed by atoms with E-state index in [1.807, 2.05) is 0 Å². The zero-order valence-electron chi connectivity index (χ0n) is 7.14. The molecule has 0 aliphatic heterocycles. The van der Waals surface area contributed by atoms with E-state index in [2.05, 4.69) is 13.8 Å². The summed E-state index contributed by atoms with van der Waals surface area (Å²) in [6.45, 7) is 4.58. The minimum absolute atomic E-state index is 0.494. The van der Waals surface area contributed by atoms with Crippen LogP contribution < -0.4 is 5.73 Å². The van der Waals surface area contributed by atoms with E-state index in [4.69, 9.17) is 5.73 Å². The largest absolute Gasteiger partial charge is 0.327 e. The number of nitrogens with two attached hydrogens (primary N) is 1. The Kier molecular flexibility index (Phi) is 2.72. The van der Waals surface area contributed by atoms with Crippen LogP contribution >= 0.6 is 0 Å². The molecule has 2 atom stereocenters. The molecule has 0 aromatic carbocycles. The van der Waals surface area contributed by atoms with Gasteiger partial charge in [-0.25, -0.2) is 0 Å². The summed E-state index contributed by atoms with van der Waals surface area (Å²) in [5, 5.41) is 0. The molecule has 60 valence electrons. The van der Waals surface area contributed by atoms with E-state index in [0.29, 0.717) is 6.04 Å². The first-order valence-electron chi connectivity index (χ1n) is 4.47. The molecule has 0 bridgehead atoms. The molecule has 0 spiro atoms. The van der Waals surface area contributed by atoms with E-state index in [-0.39, 0.29) is 0 Å². The summed E-state index contributed by atoms with van der Waals surface area (Å²) < 4.78 is 0. The lowest BCUT2D eigenvalue weighted by Gasteiger charge is -2.31. The van der Waals surface area contributed by atoms with Crippen molar-refractivity contribution in [1.29, 1.82) is 0 Å². The average molecular weight is 141 g/mol. The van der Waals surface area contributed by atoms with Crippen molar-refractivity contribution in [3.05, 3.63) is 0 Å². The lowest BCUT2D eigenvalue weighted by Crippen LogP contribution is -2.35. The van der Waals surface area contributed by atoms with E-state index in [9.17, 15) is 0 Å². The van der Waals surface area contributed by atoms with Gasteiger partial charge in [-0.05, 0) is 24.7 Å². The molecule has 0 heterocycles. The van der Waals surface area contributed by atoms with E-state index in [1.54, 1.807) is 0 Å². The van der Waals surface area contributed by atoms with Crippen molar-refractivity contribution in [3.63, 3.8) is 0 Å². The van der Waals surface area contributed by atoms with Crippen LogP contribution in [0.15, 0.2) is 0 Å². The highest BCUT2D eigenvalue weighted by Gasteiger charge is 2.23. The van der Waals surface area contributed by atoms with E-state index in [0.717, 1.165) is 11.8 Å². The van der Waals surface area contributed by atoms with Crippen molar-refractivity contribution in [1.82, 2.24) is 0 Å². The minimum atomic E-state index is 0.494. The SMILES string of the molecule is CC(C)C1CCCC[C@H]1N. The lowest BCUT2D eigenvalue weighted by atomic mass is 9.78. The maximum Gasteiger partial charge on any atom is 0.00696 e. The predicted molar refractivity (Wildman–Crippen MR) is 44.8 cm³/mol. The van der Waals surface area contributed by atoms with Gasteiger partial charge in [-0.15, -0.1) is 0 Å². The molecule has 0 saturated heterocycles. The molecule has 0 aromatic heterocycles. The van der Waals surface area contributed by atoms with Crippen molar-refractivity contribution in [2.75, 3.05) is 0 Å². The fraction of sp³-hybridized carbons (Fsp3) is 1.00. The van der Waals surface area contributed by atoms with Crippen molar-refractivity contribution in [2.24, 2.45) is 17.6 Å². The Morgan fingerprint density at radius 2 is 1.80 bits per heavy atom. The van der Waals surface area contributed by atoms with Gasteiger partial charge in [0.15, 0.2) is 0 Å². The summed E-state index contributed by atoms with van der Waals surface area (Å²) in [5.41, 5.74) is 5.98. The lowest BCUT2D eigenvalue weighted by molar-refractivity contribution is 0.240. The summed E-state index contributed by atoms with van der Waals surface area (Å²) in [7, 11) is 0. The minimum Gasteiger partial charge on any atom is -0.327 e. The summed E-state index contributed by atoms with van der Waals surface area (Å²) >= 11 is 0. The Bertz CT molecular complexity index is 98.9. The molecule has 1 unspecified atom stereocenters. The van der Waals surface area contributed by atoms with Crippen LogP contribution in [-0.4, -0.2) is 6.04 Å². The highest BCUT2D eigenvalue weighted by atomic mass is 14.7. The van der Waals surface area contributed by atoms with Crippen molar-refractivity contribution >= 4 is 0 Å². The first-order valence-corrected chi connectivity index (χ1v) is 4.47. The van der Waals surface area contributed by atoms with Crippen LogP contribution in [0, 0.1) is 11.8 Å². The van der Waals surface area contributed by atoms with Gasteiger partial charge in [0.05, 0.1) is 0 Å². The zero-order chi connectivity index (χ0) is 7.56. The second-order valence-corrected chi connectivity index (χ2v) is 3.86. The Morgan fingerprint density at radius 1 is 1.20 bits per heavy atom. The quantitative estimate of drug-likeness (QED) is 0.595. The Hall–Kier alpha value is -0.0400. The van der Waals surface area contributed by atoms with Gasteiger partial charge in [-0.2, -0.15) is 0 Å². The van der Waals surface area contributed by atoms with Crippen LogP contribution in [0.4, 0.5) is 0 Å². The number of hydrogen-bond donors (Lipinski definition) is 1. The molecular weight excluding hydrogens is 122 g/mol. The molecule has 1 nitrogen and oxygen atoms in total. The first-order chi connectivity index (χ1) is 4.72. The van der Waals surface area contributed by atoms with Gasteiger partial charge in [-0.3, -0.25) is 0 Å². The van der Waals surface area contributed by atoms with Crippen LogP contribution in [0.1, 0.15) is 39.5 Å². The van der Waals surface area contributed by atoms with Gasteiger partial charge >= 0.3 is 0 Å². The molecule has 1 aliphatic carbocycles.